The second-order valence-corrected chi connectivity index (χ2v) is 6.35. The smallest absolute Gasteiger partial charge is 0.285 e. The molecule has 2 aromatic rings. The Hall–Kier alpha value is -2.89. The van der Waals surface area contributed by atoms with Gasteiger partial charge in [-0.25, -0.2) is 0 Å². The Morgan fingerprint density at radius 1 is 1.04 bits per heavy atom. The van der Waals surface area contributed by atoms with Gasteiger partial charge in [0.25, 0.3) is 11.6 Å². The lowest BCUT2D eigenvalue weighted by Crippen LogP contribution is -2.48. The summed E-state index contributed by atoms with van der Waals surface area (Å²) in [6.07, 6.45) is 0. The van der Waals surface area contributed by atoms with E-state index in [2.05, 4.69) is 30.0 Å². The monoisotopic (exact) mass is 339 g/mol. The molecule has 0 spiro atoms. The van der Waals surface area contributed by atoms with Gasteiger partial charge in [0.1, 0.15) is 5.56 Å². The third kappa shape index (κ3) is 3.47. The first-order valence-electron chi connectivity index (χ1n) is 8.32. The summed E-state index contributed by atoms with van der Waals surface area (Å²) in [5.74, 6) is -0.265. The maximum absolute atomic E-state index is 12.8. The van der Waals surface area contributed by atoms with E-state index in [0.29, 0.717) is 18.7 Å². The van der Waals surface area contributed by atoms with Crippen molar-refractivity contribution in [1.82, 2.24) is 4.90 Å². The summed E-state index contributed by atoms with van der Waals surface area (Å²) >= 11 is 0. The van der Waals surface area contributed by atoms with Crippen LogP contribution >= 0.6 is 0 Å². The lowest BCUT2D eigenvalue weighted by atomic mass is 10.1. The van der Waals surface area contributed by atoms with E-state index in [-0.39, 0.29) is 17.2 Å². The molecule has 0 N–H and O–H groups in total. The largest absolute Gasteiger partial charge is 0.368 e. The molecule has 25 heavy (non-hydrogen) atoms. The summed E-state index contributed by atoms with van der Waals surface area (Å²) in [6, 6.07) is 13.2. The molecule has 0 unspecified atom stereocenters. The first kappa shape index (κ1) is 17.0. The number of para-hydroxylation sites is 1. The summed E-state index contributed by atoms with van der Waals surface area (Å²) in [6.45, 7) is 6.25. The first-order valence-corrected chi connectivity index (χ1v) is 8.32. The number of carbonyl (C=O) groups is 1. The lowest BCUT2D eigenvalue weighted by Gasteiger charge is -2.36. The maximum Gasteiger partial charge on any atom is 0.285 e. The number of hydrogen-bond acceptors (Lipinski definition) is 4. The van der Waals surface area contributed by atoms with Gasteiger partial charge < -0.3 is 9.80 Å². The van der Waals surface area contributed by atoms with Crippen molar-refractivity contribution in [2.24, 2.45) is 0 Å². The van der Waals surface area contributed by atoms with Crippen molar-refractivity contribution in [3.63, 3.8) is 0 Å². The number of nitrogens with zero attached hydrogens (tertiary/aromatic N) is 3. The molecule has 6 nitrogen and oxygen atoms in total. The van der Waals surface area contributed by atoms with E-state index in [4.69, 9.17) is 0 Å². The van der Waals surface area contributed by atoms with E-state index in [1.807, 2.05) is 6.07 Å². The summed E-state index contributed by atoms with van der Waals surface area (Å²) in [7, 11) is 0. The number of nitro benzene ring substituents is 1. The molecule has 3 rings (SSSR count). The Bertz CT molecular complexity index is 811. The Morgan fingerprint density at radius 2 is 1.72 bits per heavy atom. The zero-order chi connectivity index (χ0) is 18.0. The number of aryl methyl sites for hydroxylation is 2. The van der Waals surface area contributed by atoms with Crippen LogP contribution in [0.1, 0.15) is 21.5 Å². The van der Waals surface area contributed by atoms with Gasteiger partial charge in [-0.2, -0.15) is 0 Å². The molecule has 0 aromatic heterocycles. The molecule has 1 fully saturated rings. The number of nitro groups is 1. The van der Waals surface area contributed by atoms with Crippen LogP contribution in [0.3, 0.4) is 0 Å². The third-order valence-corrected chi connectivity index (χ3v) is 4.58. The molecule has 1 saturated heterocycles. The Balaban J connectivity index is 1.74. The zero-order valence-electron chi connectivity index (χ0n) is 14.4. The second kappa shape index (κ2) is 6.93. The van der Waals surface area contributed by atoms with E-state index in [1.54, 1.807) is 30.0 Å². The van der Waals surface area contributed by atoms with E-state index < -0.39 is 4.92 Å². The van der Waals surface area contributed by atoms with Crippen LogP contribution in [0, 0.1) is 24.0 Å². The normalized spacial score (nSPS) is 14.5. The minimum absolute atomic E-state index is 0.0892. The molecule has 1 aliphatic heterocycles. The Morgan fingerprint density at radius 3 is 2.36 bits per heavy atom. The standard InChI is InChI=1S/C19H21N3O3/c1-14-5-3-7-16(13-14)20-9-11-21(12-10-20)19(23)17-8-4-6-15(2)18(17)22(24)25/h3-8,13H,9-12H2,1-2H3. The number of benzene rings is 2. The van der Waals surface area contributed by atoms with E-state index in [9.17, 15) is 14.9 Å². The van der Waals surface area contributed by atoms with Crippen LogP contribution in [0.5, 0.6) is 0 Å². The third-order valence-electron chi connectivity index (χ3n) is 4.58. The average Bonchev–Trinajstić information content (AvgIpc) is 2.60. The second-order valence-electron chi connectivity index (χ2n) is 6.35. The van der Waals surface area contributed by atoms with Gasteiger partial charge in [0, 0.05) is 37.4 Å². The van der Waals surface area contributed by atoms with Crippen LogP contribution in [0.15, 0.2) is 42.5 Å². The van der Waals surface area contributed by atoms with Gasteiger partial charge in [0.2, 0.25) is 0 Å². The molecule has 0 radical (unpaired) electrons. The fourth-order valence-corrected chi connectivity index (χ4v) is 3.24. The van der Waals surface area contributed by atoms with Crippen LogP contribution < -0.4 is 4.90 Å². The van der Waals surface area contributed by atoms with Crippen molar-refractivity contribution in [1.29, 1.82) is 0 Å². The first-order chi connectivity index (χ1) is 12.0. The predicted molar refractivity (Wildman–Crippen MR) is 97.1 cm³/mol. The Labute approximate surface area is 146 Å². The van der Waals surface area contributed by atoms with Crippen molar-refractivity contribution in [3.05, 3.63) is 69.3 Å². The van der Waals surface area contributed by atoms with E-state index in [1.165, 1.54) is 5.56 Å². The minimum atomic E-state index is -0.467. The van der Waals surface area contributed by atoms with Crippen LogP contribution in [0.4, 0.5) is 11.4 Å². The fraction of sp³-hybridized carbons (Fsp3) is 0.316. The predicted octanol–water partition coefficient (Wildman–Crippen LogP) is 3.17. The van der Waals surface area contributed by atoms with Gasteiger partial charge in [0.15, 0.2) is 0 Å². The fourth-order valence-electron chi connectivity index (χ4n) is 3.24. The highest BCUT2D eigenvalue weighted by molar-refractivity contribution is 5.98. The van der Waals surface area contributed by atoms with Crippen molar-refractivity contribution in [3.8, 4) is 0 Å². The molecule has 0 bridgehead atoms. The van der Waals surface area contributed by atoms with Gasteiger partial charge >= 0.3 is 0 Å². The quantitative estimate of drug-likeness (QED) is 0.636. The number of rotatable bonds is 3. The molecule has 1 heterocycles. The molecular weight excluding hydrogens is 318 g/mol. The molecule has 6 heteroatoms. The van der Waals surface area contributed by atoms with Crippen LogP contribution in [0.25, 0.3) is 0 Å². The maximum atomic E-state index is 12.8. The van der Waals surface area contributed by atoms with Crippen molar-refractivity contribution >= 4 is 17.3 Å². The van der Waals surface area contributed by atoms with Crippen LogP contribution in [-0.2, 0) is 0 Å². The highest BCUT2D eigenvalue weighted by Crippen LogP contribution is 2.25. The van der Waals surface area contributed by atoms with Gasteiger partial charge in [-0.15, -0.1) is 0 Å². The average molecular weight is 339 g/mol. The van der Waals surface area contributed by atoms with Crippen LogP contribution in [0.2, 0.25) is 0 Å². The molecule has 0 atom stereocenters. The summed E-state index contributed by atoms with van der Waals surface area (Å²) in [4.78, 5) is 27.6. The summed E-state index contributed by atoms with van der Waals surface area (Å²) in [5, 5.41) is 11.3. The van der Waals surface area contributed by atoms with Crippen LogP contribution in [-0.4, -0.2) is 41.9 Å². The van der Waals surface area contributed by atoms with Gasteiger partial charge in [-0.05, 0) is 37.6 Å². The van der Waals surface area contributed by atoms with Gasteiger partial charge in [-0.3, -0.25) is 14.9 Å². The van der Waals surface area contributed by atoms with Crippen molar-refractivity contribution < 1.29 is 9.72 Å². The molecule has 1 amide bonds. The molecule has 0 saturated carbocycles. The summed E-state index contributed by atoms with van der Waals surface area (Å²) < 4.78 is 0. The zero-order valence-corrected chi connectivity index (χ0v) is 14.4. The van der Waals surface area contributed by atoms with E-state index >= 15 is 0 Å². The Kier molecular flexibility index (Phi) is 4.70. The summed E-state index contributed by atoms with van der Waals surface area (Å²) in [5.41, 5.74) is 2.94. The molecular formula is C19H21N3O3. The molecule has 1 aliphatic rings. The van der Waals surface area contributed by atoms with Crippen molar-refractivity contribution in [2.45, 2.75) is 13.8 Å². The SMILES string of the molecule is Cc1cccc(N2CCN(C(=O)c3cccc(C)c3[N+](=O)[O-])CC2)c1. The minimum Gasteiger partial charge on any atom is -0.368 e. The number of anilines is 1. The lowest BCUT2D eigenvalue weighted by molar-refractivity contribution is -0.385. The van der Waals surface area contributed by atoms with Crippen molar-refractivity contribution in [2.75, 3.05) is 31.1 Å². The topological polar surface area (TPSA) is 66.7 Å². The van der Waals surface area contributed by atoms with Gasteiger partial charge in [0.05, 0.1) is 4.92 Å². The van der Waals surface area contributed by atoms with Gasteiger partial charge in [-0.1, -0.05) is 24.3 Å². The number of carbonyl (C=O) groups excluding carboxylic acids is 1. The molecule has 2 aromatic carbocycles. The number of piperazine rings is 1. The number of hydrogen-bond donors (Lipinski definition) is 0. The molecule has 0 aliphatic carbocycles. The highest BCUT2D eigenvalue weighted by atomic mass is 16.6. The highest BCUT2D eigenvalue weighted by Gasteiger charge is 2.28. The van der Waals surface area contributed by atoms with E-state index in [0.717, 1.165) is 18.8 Å². The number of amides is 1. The molecule has 130 valence electrons.